The van der Waals surface area contributed by atoms with Crippen LogP contribution in [0.15, 0.2) is 81.4 Å². The van der Waals surface area contributed by atoms with Gasteiger partial charge < -0.3 is 4.74 Å². The number of methoxy groups -OCH3 is 1. The maximum atomic E-state index is 13.0. The summed E-state index contributed by atoms with van der Waals surface area (Å²) in [6.45, 7) is 0. The maximum Gasteiger partial charge on any atom is 0.283 e. The Morgan fingerprint density at radius 2 is 1.82 bits per heavy atom. The van der Waals surface area contributed by atoms with Crippen LogP contribution in [0, 0.1) is 10.1 Å². The Morgan fingerprint density at radius 1 is 1.12 bits per heavy atom. The fourth-order valence-electron chi connectivity index (χ4n) is 3.06. The van der Waals surface area contributed by atoms with Crippen molar-refractivity contribution in [3.63, 3.8) is 0 Å². The zero-order valence-corrected chi connectivity index (χ0v) is 20.3. The Bertz CT molecular complexity index is 1280. The predicted octanol–water partition coefficient (Wildman–Crippen LogP) is 6.81. The van der Waals surface area contributed by atoms with Crippen molar-refractivity contribution in [2.45, 2.75) is 9.79 Å². The number of nitro benzene ring substituents is 1. The van der Waals surface area contributed by atoms with Crippen molar-refractivity contribution in [1.29, 1.82) is 0 Å². The zero-order chi connectivity index (χ0) is 23.5. The van der Waals surface area contributed by atoms with Crippen LogP contribution in [0.5, 0.6) is 5.75 Å². The summed E-state index contributed by atoms with van der Waals surface area (Å²) < 4.78 is 5.54. The van der Waals surface area contributed by atoms with Crippen molar-refractivity contribution in [2.24, 2.45) is 0 Å². The third-order valence-corrected chi connectivity index (χ3v) is 7.27. The smallest absolute Gasteiger partial charge is 0.283 e. The van der Waals surface area contributed by atoms with E-state index in [1.54, 1.807) is 73.8 Å². The first kappa shape index (κ1) is 23.3. The molecular weight excluding hydrogens is 500 g/mol. The number of rotatable bonds is 6. The summed E-state index contributed by atoms with van der Waals surface area (Å²) in [5, 5.41) is 12.3. The molecule has 0 N–H and O–H groups in total. The molecule has 6 nitrogen and oxygen atoms in total. The van der Waals surface area contributed by atoms with E-state index in [0.717, 1.165) is 16.7 Å². The van der Waals surface area contributed by atoms with Crippen LogP contribution in [0.3, 0.4) is 0 Å². The Morgan fingerprint density at radius 3 is 2.45 bits per heavy atom. The lowest BCUT2D eigenvalue weighted by atomic mass is 10.2. The van der Waals surface area contributed by atoms with Gasteiger partial charge in [-0.05, 0) is 66.2 Å². The average molecular weight is 515 g/mol. The molecule has 3 aromatic rings. The van der Waals surface area contributed by atoms with Crippen LogP contribution in [-0.4, -0.2) is 22.3 Å². The number of benzene rings is 3. The second-order valence-electron chi connectivity index (χ2n) is 6.76. The number of amides is 1. The van der Waals surface area contributed by atoms with Gasteiger partial charge >= 0.3 is 0 Å². The molecule has 0 atom stereocenters. The van der Waals surface area contributed by atoms with Gasteiger partial charge in [0.25, 0.3) is 11.6 Å². The monoisotopic (exact) mass is 514 g/mol. The highest BCUT2D eigenvalue weighted by atomic mass is 35.5. The second kappa shape index (κ2) is 9.96. The number of anilines is 1. The van der Waals surface area contributed by atoms with Crippen molar-refractivity contribution < 1.29 is 14.5 Å². The summed E-state index contributed by atoms with van der Waals surface area (Å²) in [5.41, 5.74) is 1.12. The molecule has 10 heteroatoms. The molecule has 1 heterocycles. The minimum Gasteiger partial charge on any atom is -0.497 e. The lowest BCUT2D eigenvalue weighted by Crippen LogP contribution is -2.27. The van der Waals surface area contributed by atoms with Gasteiger partial charge in [-0.3, -0.25) is 19.8 Å². The standard InChI is InChI=1S/C23H15ClN2O4S3/c1-30-17-7-5-16(6-8-17)25-22(27)21(33-23(25)31)13-14-2-11-20(19(12-14)26(28)29)32-18-9-3-15(24)4-10-18/h2-13H,1H3. The lowest BCUT2D eigenvalue weighted by molar-refractivity contribution is -0.387. The van der Waals surface area contributed by atoms with Gasteiger partial charge in [-0.15, -0.1) is 0 Å². The molecule has 33 heavy (non-hydrogen) atoms. The molecule has 0 unspecified atom stereocenters. The van der Waals surface area contributed by atoms with Crippen molar-refractivity contribution >= 4 is 75.0 Å². The number of thiocarbonyl (C=S) groups is 1. The molecule has 0 aliphatic carbocycles. The molecule has 3 aromatic carbocycles. The van der Waals surface area contributed by atoms with E-state index >= 15 is 0 Å². The number of hydrogen-bond acceptors (Lipinski definition) is 7. The van der Waals surface area contributed by atoms with Crippen LogP contribution < -0.4 is 9.64 Å². The van der Waals surface area contributed by atoms with Crippen LogP contribution in [0.2, 0.25) is 5.02 Å². The summed E-state index contributed by atoms with van der Waals surface area (Å²) in [5.74, 6) is 0.390. The summed E-state index contributed by atoms with van der Waals surface area (Å²) in [6, 6.07) is 18.9. The summed E-state index contributed by atoms with van der Waals surface area (Å²) in [4.78, 5) is 27.4. The van der Waals surface area contributed by atoms with Crippen LogP contribution in [0.25, 0.3) is 6.08 Å². The van der Waals surface area contributed by atoms with E-state index in [-0.39, 0.29) is 11.6 Å². The normalized spacial score (nSPS) is 14.7. The molecule has 166 valence electrons. The SMILES string of the molecule is COc1ccc(N2C(=O)C(=Cc3ccc(Sc4ccc(Cl)cc4)c([N+](=O)[O-])c3)SC2=S)cc1. The van der Waals surface area contributed by atoms with E-state index in [0.29, 0.717) is 36.1 Å². The minimum atomic E-state index is -0.432. The topological polar surface area (TPSA) is 72.7 Å². The molecular formula is C23H15ClN2O4S3. The fourth-order valence-corrected chi connectivity index (χ4v) is 5.38. The Balaban J connectivity index is 1.60. The lowest BCUT2D eigenvalue weighted by Gasteiger charge is -2.14. The van der Waals surface area contributed by atoms with Gasteiger partial charge in [0.15, 0.2) is 4.32 Å². The van der Waals surface area contributed by atoms with Crippen LogP contribution in [0.1, 0.15) is 5.56 Å². The first-order valence-corrected chi connectivity index (χ1v) is 11.9. The molecule has 1 aliphatic rings. The quantitative estimate of drug-likeness (QED) is 0.155. The van der Waals surface area contributed by atoms with Gasteiger partial charge in [0, 0.05) is 16.0 Å². The highest BCUT2D eigenvalue weighted by molar-refractivity contribution is 8.27. The number of nitrogens with zero attached hydrogens (tertiary/aromatic N) is 2. The van der Waals surface area contributed by atoms with Gasteiger partial charge in [-0.1, -0.05) is 53.4 Å². The second-order valence-corrected chi connectivity index (χ2v) is 9.98. The summed E-state index contributed by atoms with van der Waals surface area (Å²) >= 11 is 13.7. The highest BCUT2D eigenvalue weighted by Gasteiger charge is 2.33. The number of hydrogen-bond donors (Lipinski definition) is 0. The van der Waals surface area contributed by atoms with Crippen molar-refractivity contribution in [2.75, 3.05) is 12.0 Å². The first-order valence-electron chi connectivity index (χ1n) is 9.49. The molecule has 1 aliphatic heterocycles. The molecule has 0 aromatic heterocycles. The van der Waals surface area contributed by atoms with Gasteiger partial charge in [0.1, 0.15) is 5.75 Å². The summed E-state index contributed by atoms with van der Waals surface area (Å²) in [6.07, 6.45) is 1.62. The molecule has 4 rings (SSSR count). The highest BCUT2D eigenvalue weighted by Crippen LogP contribution is 2.39. The number of ether oxygens (including phenoxy) is 1. The average Bonchev–Trinajstić information content (AvgIpc) is 3.08. The molecule has 0 saturated carbocycles. The molecule has 0 radical (unpaired) electrons. The first-order chi connectivity index (χ1) is 15.9. The van der Waals surface area contributed by atoms with Crippen molar-refractivity contribution in [1.82, 2.24) is 0 Å². The molecule has 0 bridgehead atoms. The number of carbonyl (C=O) groups excluding carboxylic acids is 1. The number of halogens is 1. The van der Waals surface area contributed by atoms with Gasteiger partial charge in [0.05, 0.1) is 27.5 Å². The van der Waals surface area contributed by atoms with E-state index in [1.165, 1.54) is 22.7 Å². The predicted molar refractivity (Wildman–Crippen MR) is 137 cm³/mol. The fraction of sp³-hybridized carbons (Fsp3) is 0.0435. The third-order valence-electron chi connectivity index (χ3n) is 4.64. The minimum absolute atomic E-state index is 0.0469. The van der Waals surface area contributed by atoms with Crippen molar-refractivity contribution in [3.05, 3.63) is 92.3 Å². The summed E-state index contributed by atoms with van der Waals surface area (Å²) in [7, 11) is 1.57. The van der Waals surface area contributed by atoms with E-state index < -0.39 is 4.92 Å². The zero-order valence-electron chi connectivity index (χ0n) is 17.1. The maximum absolute atomic E-state index is 13.0. The van der Waals surface area contributed by atoms with Gasteiger partial charge in [-0.25, -0.2) is 0 Å². The number of nitro groups is 1. The molecule has 1 fully saturated rings. The van der Waals surface area contributed by atoms with E-state index in [4.69, 9.17) is 28.6 Å². The molecule has 1 saturated heterocycles. The van der Waals surface area contributed by atoms with Gasteiger partial charge in [-0.2, -0.15) is 0 Å². The van der Waals surface area contributed by atoms with E-state index in [9.17, 15) is 14.9 Å². The van der Waals surface area contributed by atoms with Crippen LogP contribution in [0.4, 0.5) is 11.4 Å². The van der Waals surface area contributed by atoms with Crippen molar-refractivity contribution in [3.8, 4) is 5.75 Å². The largest absolute Gasteiger partial charge is 0.497 e. The Hall–Kier alpha value is -2.85. The van der Waals surface area contributed by atoms with Crippen LogP contribution in [-0.2, 0) is 4.79 Å². The molecule has 1 amide bonds. The number of carbonyl (C=O) groups is 1. The Labute approximate surface area is 208 Å². The van der Waals surface area contributed by atoms with E-state index in [2.05, 4.69) is 0 Å². The van der Waals surface area contributed by atoms with Crippen LogP contribution >= 0.6 is 47.3 Å². The molecule has 0 spiro atoms. The van der Waals surface area contributed by atoms with E-state index in [1.807, 2.05) is 0 Å². The van der Waals surface area contributed by atoms with Gasteiger partial charge in [0.2, 0.25) is 0 Å². The Kier molecular flexibility index (Phi) is 7.04. The third kappa shape index (κ3) is 5.22. The number of thioether (sulfide) groups is 1.